The Hall–Kier alpha value is -0.960. The SMILES string of the molecule is CCNC(=NCC(C)Sc1ccccc1)NCCC(CC)N1CCCC1=O.I. The van der Waals surface area contributed by atoms with Crippen LogP contribution in [-0.2, 0) is 4.79 Å². The van der Waals surface area contributed by atoms with E-state index >= 15 is 0 Å². The summed E-state index contributed by atoms with van der Waals surface area (Å²) in [6.07, 6.45) is 3.68. The molecule has 7 heteroatoms. The maximum Gasteiger partial charge on any atom is 0.222 e. The van der Waals surface area contributed by atoms with Crippen LogP contribution in [0.25, 0.3) is 0 Å². The molecule has 1 amide bonds. The maximum absolute atomic E-state index is 12.0. The van der Waals surface area contributed by atoms with Crippen LogP contribution in [0.1, 0.15) is 46.5 Å². The van der Waals surface area contributed by atoms with Crippen LogP contribution in [0.15, 0.2) is 40.2 Å². The van der Waals surface area contributed by atoms with E-state index in [0.717, 1.165) is 51.4 Å². The zero-order valence-electron chi connectivity index (χ0n) is 17.3. The number of carbonyl (C=O) groups is 1. The highest BCUT2D eigenvalue weighted by Gasteiger charge is 2.26. The van der Waals surface area contributed by atoms with Crippen LogP contribution in [0.2, 0.25) is 0 Å². The van der Waals surface area contributed by atoms with Crippen molar-refractivity contribution in [2.24, 2.45) is 4.99 Å². The van der Waals surface area contributed by atoms with Gasteiger partial charge in [-0.15, -0.1) is 35.7 Å². The fraction of sp³-hybridized carbons (Fsp3) is 0.619. The summed E-state index contributed by atoms with van der Waals surface area (Å²) in [5, 5.41) is 7.17. The number of amides is 1. The van der Waals surface area contributed by atoms with E-state index in [2.05, 4.69) is 60.6 Å². The lowest BCUT2D eigenvalue weighted by Gasteiger charge is -2.27. The Morgan fingerprint density at radius 3 is 2.61 bits per heavy atom. The van der Waals surface area contributed by atoms with Crippen LogP contribution in [-0.4, -0.2) is 54.2 Å². The lowest BCUT2D eigenvalue weighted by molar-refractivity contribution is -0.129. The van der Waals surface area contributed by atoms with Gasteiger partial charge in [-0.2, -0.15) is 0 Å². The maximum atomic E-state index is 12.0. The second-order valence-corrected chi connectivity index (χ2v) is 8.44. The highest BCUT2D eigenvalue weighted by molar-refractivity contribution is 14.0. The third-order valence-electron chi connectivity index (χ3n) is 4.72. The zero-order valence-corrected chi connectivity index (χ0v) is 20.5. The van der Waals surface area contributed by atoms with Gasteiger partial charge in [-0.25, -0.2) is 0 Å². The summed E-state index contributed by atoms with van der Waals surface area (Å²) in [7, 11) is 0. The molecule has 0 bridgehead atoms. The Morgan fingerprint density at radius 2 is 2.00 bits per heavy atom. The molecule has 1 saturated heterocycles. The number of likely N-dealkylation sites (tertiary alicyclic amines) is 1. The molecule has 5 nitrogen and oxygen atoms in total. The van der Waals surface area contributed by atoms with Crippen LogP contribution in [0, 0.1) is 0 Å². The van der Waals surface area contributed by atoms with E-state index in [-0.39, 0.29) is 24.0 Å². The first-order chi connectivity index (χ1) is 13.1. The Bertz CT molecular complexity index is 599. The van der Waals surface area contributed by atoms with Crippen molar-refractivity contribution >= 4 is 47.6 Å². The van der Waals surface area contributed by atoms with Gasteiger partial charge in [0.1, 0.15) is 0 Å². The lowest BCUT2D eigenvalue weighted by atomic mass is 10.1. The van der Waals surface area contributed by atoms with Gasteiger partial charge in [-0.05, 0) is 38.3 Å². The Kier molecular flexibility index (Phi) is 12.6. The molecule has 0 spiro atoms. The normalized spacial score (nSPS) is 16.5. The minimum Gasteiger partial charge on any atom is -0.357 e. The second kappa shape index (κ2) is 14.1. The summed E-state index contributed by atoms with van der Waals surface area (Å²) < 4.78 is 0. The molecule has 2 N–H and O–H groups in total. The van der Waals surface area contributed by atoms with Crippen LogP contribution in [0.5, 0.6) is 0 Å². The van der Waals surface area contributed by atoms with Gasteiger partial charge in [-0.1, -0.05) is 32.0 Å². The first-order valence-corrected chi connectivity index (χ1v) is 11.0. The molecule has 1 aliphatic heterocycles. The van der Waals surface area contributed by atoms with E-state index in [1.54, 1.807) is 0 Å². The quantitative estimate of drug-likeness (QED) is 0.212. The molecule has 1 aromatic carbocycles. The molecule has 0 aliphatic carbocycles. The summed E-state index contributed by atoms with van der Waals surface area (Å²) in [6, 6.07) is 10.8. The number of hydrogen-bond donors (Lipinski definition) is 2. The van der Waals surface area contributed by atoms with Gasteiger partial charge in [0.15, 0.2) is 5.96 Å². The number of guanidine groups is 1. The standard InChI is InChI=1S/C21H34N4OS.HI/c1-4-18(25-15-9-12-20(25)26)13-14-23-21(22-5-2)24-16-17(3)27-19-10-7-6-8-11-19;/h6-8,10-11,17-18H,4-5,9,12-16H2,1-3H3,(H2,22,23,24);1H. The highest BCUT2D eigenvalue weighted by Crippen LogP contribution is 2.22. The number of benzene rings is 1. The average Bonchev–Trinajstić information content (AvgIpc) is 3.10. The minimum absolute atomic E-state index is 0. The van der Waals surface area contributed by atoms with Gasteiger partial charge < -0.3 is 15.5 Å². The molecule has 158 valence electrons. The van der Waals surface area contributed by atoms with E-state index in [4.69, 9.17) is 4.99 Å². The predicted molar refractivity (Wildman–Crippen MR) is 131 cm³/mol. The van der Waals surface area contributed by atoms with Crippen LogP contribution in [0.4, 0.5) is 0 Å². The highest BCUT2D eigenvalue weighted by atomic mass is 127. The Morgan fingerprint density at radius 1 is 1.25 bits per heavy atom. The van der Waals surface area contributed by atoms with Gasteiger partial charge in [0.05, 0.1) is 6.54 Å². The molecule has 2 rings (SSSR count). The zero-order chi connectivity index (χ0) is 19.5. The van der Waals surface area contributed by atoms with Crippen molar-refractivity contribution in [3.05, 3.63) is 30.3 Å². The number of thioether (sulfide) groups is 1. The van der Waals surface area contributed by atoms with Gasteiger partial charge in [0.25, 0.3) is 0 Å². The van der Waals surface area contributed by atoms with E-state index in [0.29, 0.717) is 23.6 Å². The molecule has 1 aliphatic rings. The molecule has 1 aromatic rings. The van der Waals surface area contributed by atoms with E-state index < -0.39 is 0 Å². The monoisotopic (exact) mass is 518 g/mol. The molecule has 2 unspecified atom stereocenters. The fourth-order valence-corrected chi connectivity index (χ4v) is 4.25. The lowest BCUT2D eigenvalue weighted by Crippen LogP contribution is -2.42. The molecule has 28 heavy (non-hydrogen) atoms. The first-order valence-electron chi connectivity index (χ1n) is 10.2. The van der Waals surface area contributed by atoms with Crippen molar-refractivity contribution in [3.8, 4) is 0 Å². The minimum atomic E-state index is 0. The Balaban J connectivity index is 0.00000392. The molecular weight excluding hydrogens is 483 g/mol. The van der Waals surface area contributed by atoms with Crippen molar-refractivity contribution in [2.45, 2.75) is 62.6 Å². The topological polar surface area (TPSA) is 56.7 Å². The summed E-state index contributed by atoms with van der Waals surface area (Å²) in [5.41, 5.74) is 0. The summed E-state index contributed by atoms with van der Waals surface area (Å²) in [6.45, 7) is 9.80. The van der Waals surface area contributed by atoms with Crippen LogP contribution >= 0.6 is 35.7 Å². The van der Waals surface area contributed by atoms with Crippen molar-refractivity contribution in [1.29, 1.82) is 0 Å². The largest absolute Gasteiger partial charge is 0.357 e. The third-order valence-corrected chi connectivity index (χ3v) is 5.82. The molecule has 1 heterocycles. The average molecular weight is 519 g/mol. The Labute approximate surface area is 191 Å². The number of aliphatic imine (C=N–C) groups is 1. The van der Waals surface area contributed by atoms with Gasteiger partial charge >= 0.3 is 0 Å². The summed E-state index contributed by atoms with van der Waals surface area (Å²) in [5.74, 6) is 1.18. The molecule has 1 fully saturated rings. The third kappa shape index (κ3) is 8.59. The second-order valence-electron chi connectivity index (χ2n) is 6.93. The van der Waals surface area contributed by atoms with E-state index in [9.17, 15) is 4.79 Å². The number of hydrogen-bond acceptors (Lipinski definition) is 3. The number of nitrogens with zero attached hydrogens (tertiary/aromatic N) is 2. The number of rotatable bonds is 10. The van der Waals surface area contributed by atoms with E-state index in [1.807, 2.05) is 17.8 Å². The molecule has 0 saturated carbocycles. The number of carbonyl (C=O) groups excluding carboxylic acids is 1. The fourth-order valence-electron chi connectivity index (χ4n) is 3.32. The van der Waals surface area contributed by atoms with Crippen molar-refractivity contribution in [2.75, 3.05) is 26.2 Å². The summed E-state index contributed by atoms with van der Waals surface area (Å²) >= 11 is 1.85. The molecule has 0 aromatic heterocycles. The van der Waals surface area contributed by atoms with Crippen LogP contribution < -0.4 is 10.6 Å². The predicted octanol–water partition coefficient (Wildman–Crippen LogP) is 4.13. The smallest absolute Gasteiger partial charge is 0.222 e. The summed E-state index contributed by atoms with van der Waals surface area (Å²) in [4.78, 5) is 20.0. The molecule has 0 radical (unpaired) electrons. The molecule has 2 atom stereocenters. The molecular formula is C21H35IN4OS. The van der Waals surface area contributed by atoms with Crippen molar-refractivity contribution < 1.29 is 4.79 Å². The number of nitrogens with one attached hydrogen (secondary N) is 2. The number of halogens is 1. The van der Waals surface area contributed by atoms with Crippen LogP contribution in [0.3, 0.4) is 0 Å². The van der Waals surface area contributed by atoms with Crippen molar-refractivity contribution in [1.82, 2.24) is 15.5 Å². The van der Waals surface area contributed by atoms with Crippen molar-refractivity contribution in [3.63, 3.8) is 0 Å². The van der Waals surface area contributed by atoms with Gasteiger partial charge in [0.2, 0.25) is 5.91 Å². The van der Waals surface area contributed by atoms with Gasteiger partial charge in [-0.3, -0.25) is 9.79 Å². The first kappa shape index (κ1) is 25.1. The van der Waals surface area contributed by atoms with E-state index in [1.165, 1.54) is 4.90 Å². The van der Waals surface area contributed by atoms with Gasteiger partial charge in [0, 0.05) is 42.2 Å².